The molecule has 3 rings (SSSR count). The van der Waals surface area contributed by atoms with Crippen molar-refractivity contribution < 1.29 is 0 Å². The predicted octanol–water partition coefficient (Wildman–Crippen LogP) is 1.63. The van der Waals surface area contributed by atoms with E-state index in [9.17, 15) is 4.79 Å². The van der Waals surface area contributed by atoms with Crippen LogP contribution >= 0.6 is 0 Å². The lowest BCUT2D eigenvalue weighted by molar-refractivity contribution is 0.348. The summed E-state index contributed by atoms with van der Waals surface area (Å²) in [6, 6.07) is 1.91. The van der Waals surface area contributed by atoms with Crippen molar-refractivity contribution in [1.29, 1.82) is 0 Å². The molecule has 1 fully saturated rings. The van der Waals surface area contributed by atoms with Crippen LogP contribution in [0.5, 0.6) is 0 Å². The van der Waals surface area contributed by atoms with Crippen LogP contribution in [-0.2, 0) is 6.54 Å². The molecular formula is C18H26N6O. The maximum Gasteiger partial charge on any atom is 0.256 e. The lowest BCUT2D eigenvalue weighted by Gasteiger charge is -2.32. The summed E-state index contributed by atoms with van der Waals surface area (Å²) in [5.74, 6) is 2.18. The summed E-state index contributed by atoms with van der Waals surface area (Å²) in [5, 5.41) is 0. The summed E-state index contributed by atoms with van der Waals surface area (Å²) in [6.45, 7) is 6.28. The summed E-state index contributed by atoms with van der Waals surface area (Å²) in [5.41, 5.74) is 1.64. The van der Waals surface area contributed by atoms with Crippen molar-refractivity contribution in [3.63, 3.8) is 0 Å². The molecule has 1 saturated heterocycles. The quantitative estimate of drug-likeness (QED) is 0.841. The van der Waals surface area contributed by atoms with Gasteiger partial charge in [0.1, 0.15) is 5.82 Å². The Morgan fingerprint density at radius 3 is 2.60 bits per heavy atom. The van der Waals surface area contributed by atoms with E-state index in [-0.39, 0.29) is 5.56 Å². The molecule has 7 heteroatoms. The van der Waals surface area contributed by atoms with Gasteiger partial charge in [0.15, 0.2) is 0 Å². The summed E-state index contributed by atoms with van der Waals surface area (Å²) >= 11 is 0. The van der Waals surface area contributed by atoms with Crippen LogP contribution in [0.4, 0.5) is 11.8 Å². The highest BCUT2D eigenvalue weighted by molar-refractivity contribution is 5.42. The van der Waals surface area contributed by atoms with Gasteiger partial charge in [0.2, 0.25) is 5.95 Å². The number of piperidine rings is 1. The van der Waals surface area contributed by atoms with Gasteiger partial charge in [-0.05, 0) is 38.7 Å². The van der Waals surface area contributed by atoms with E-state index in [0.29, 0.717) is 5.92 Å². The molecule has 1 aliphatic heterocycles. The first-order chi connectivity index (χ1) is 12.0. The van der Waals surface area contributed by atoms with Gasteiger partial charge in [-0.1, -0.05) is 0 Å². The monoisotopic (exact) mass is 342 g/mol. The molecule has 1 aliphatic rings. The molecule has 0 spiro atoms. The zero-order chi connectivity index (χ0) is 18.0. The van der Waals surface area contributed by atoms with Gasteiger partial charge < -0.3 is 9.80 Å². The fourth-order valence-corrected chi connectivity index (χ4v) is 3.14. The summed E-state index contributed by atoms with van der Waals surface area (Å²) in [6.07, 6.45) is 5.54. The Morgan fingerprint density at radius 1 is 1.20 bits per heavy atom. The minimum Gasteiger partial charge on any atom is -0.363 e. The Hall–Kier alpha value is -2.44. The molecule has 3 heterocycles. The first kappa shape index (κ1) is 17.4. The fourth-order valence-electron chi connectivity index (χ4n) is 3.14. The van der Waals surface area contributed by atoms with Crippen LogP contribution in [0.15, 0.2) is 23.4 Å². The third-order valence-corrected chi connectivity index (χ3v) is 4.95. The Balaban J connectivity index is 1.64. The average molecular weight is 342 g/mol. The minimum atomic E-state index is 0.0805. The molecule has 2 aromatic heterocycles. The Bertz CT molecular complexity index is 792. The van der Waals surface area contributed by atoms with E-state index >= 15 is 0 Å². The van der Waals surface area contributed by atoms with Gasteiger partial charge in [-0.25, -0.2) is 9.97 Å². The van der Waals surface area contributed by atoms with E-state index in [1.807, 2.05) is 45.1 Å². The zero-order valence-electron chi connectivity index (χ0n) is 15.4. The van der Waals surface area contributed by atoms with Gasteiger partial charge >= 0.3 is 0 Å². The number of aromatic nitrogens is 4. The van der Waals surface area contributed by atoms with Gasteiger partial charge in [-0.2, -0.15) is 4.98 Å². The normalized spacial score (nSPS) is 15.4. The smallest absolute Gasteiger partial charge is 0.256 e. The third-order valence-electron chi connectivity index (χ3n) is 4.95. The van der Waals surface area contributed by atoms with Crippen LogP contribution < -0.4 is 15.4 Å². The molecule has 0 saturated carbocycles. The van der Waals surface area contributed by atoms with Crippen molar-refractivity contribution in [2.24, 2.45) is 5.92 Å². The molecule has 2 aromatic rings. The fraction of sp³-hybridized carbons (Fsp3) is 0.556. The first-order valence-corrected chi connectivity index (χ1v) is 8.73. The van der Waals surface area contributed by atoms with E-state index in [4.69, 9.17) is 0 Å². The second-order valence-corrected chi connectivity index (χ2v) is 6.95. The van der Waals surface area contributed by atoms with E-state index < -0.39 is 0 Å². The Kier molecular flexibility index (Phi) is 5.01. The van der Waals surface area contributed by atoms with Crippen molar-refractivity contribution in [3.05, 3.63) is 40.2 Å². The second-order valence-electron chi connectivity index (χ2n) is 6.95. The Morgan fingerprint density at radius 2 is 1.92 bits per heavy atom. The van der Waals surface area contributed by atoms with E-state index in [2.05, 4.69) is 19.9 Å². The van der Waals surface area contributed by atoms with Crippen LogP contribution in [0.25, 0.3) is 0 Å². The van der Waals surface area contributed by atoms with Crippen LogP contribution in [-0.4, -0.2) is 46.7 Å². The zero-order valence-corrected chi connectivity index (χ0v) is 15.4. The van der Waals surface area contributed by atoms with Crippen LogP contribution in [0, 0.1) is 19.8 Å². The highest BCUT2D eigenvalue weighted by atomic mass is 16.1. The molecule has 25 heavy (non-hydrogen) atoms. The molecule has 0 atom stereocenters. The topological polar surface area (TPSA) is 67.2 Å². The van der Waals surface area contributed by atoms with Gasteiger partial charge in [0.25, 0.3) is 5.56 Å². The van der Waals surface area contributed by atoms with Crippen molar-refractivity contribution in [2.45, 2.75) is 33.2 Å². The van der Waals surface area contributed by atoms with Crippen molar-refractivity contribution in [1.82, 2.24) is 19.5 Å². The maximum atomic E-state index is 12.3. The average Bonchev–Trinajstić information content (AvgIpc) is 2.63. The van der Waals surface area contributed by atoms with Gasteiger partial charge in [-0.3, -0.25) is 9.36 Å². The van der Waals surface area contributed by atoms with E-state index in [1.165, 1.54) is 0 Å². The number of aryl methyl sites for hydroxylation is 1. The third kappa shape index (κ3) is 3.81. The highest BCUT2D eigenvalue weighted by Gasteiger charge is 2.22. The number of hydrogen-bond donors (Lipinski definition) is 0. The molecule has 7 nitrogen and oxygen atoms in total. The van der Waals surface area contributed by atoms with Gasteiger partial charge in [-0.15, -0.1) is 0 Å². The molecule has 0 unspecified atom stereocenters. The molecule has 0 radical (unpaired) electrons. The molecule has 0 amide bonds. The van der Waals surface area contributed by atoms with E-state index in [1.54, 1.807) is 10.9 Å². The number of nitrogens with zero attached hydrogens (tertiary/aromatic N) is 6. The first-order valence-electron chi connectivity index (χ1n) is 8.73. The lowest BCUT2D eigenvalue weighted by Crippen LogP contribution is -2.37. The molecular weight excluding hydrogens is 316 g/mol. The molecule has 0 aliphatic carbocycles. The number of anilines is 2. The standard InChI is InChI=1S/C18H26N6O/c1-13-14(2)20-12-24(17(13)25)11-15-6-9-23(10-7-15)18-19-8-5-16(21-18)22(3)4/h5,8,12,15H,6-7,9-11H2,1-4H3. The predicted molar refractivity (Wildman–Crippen MR) is 99.3 cm³/mol. The number of hydrogen-bond acceptors (Lipinski definition) is 6. The van der Waals surface area contributed by atoms with Crippen LogP contribution in [0.3, 0.4) is 0 Å². The molecule has 134 valence electrons. The largest absolute Gasteiger partial charge is 0.363 e. The second kappa shape index (κ2) is 7.21. The van der Waals surface area contributed by atoms with E-state index in [0.717, 1.165) is 55.5 Å². The van der Waals surface area contributed by atoms with Crippen molar-refractivity contribution >= 4 is 11.8 Å². The SMILES string of the molecule is Cc1ncn(CC2CCN(c3nccc(N(C)C)n3)CC2)c(=O)c1C. The molecule has 0 bridgehead atoms. The van der Waals surface area contributed by atoms with Crippen LogP contribution in [0.2, 0.25) is 0 Å². The number of rotatable bonds is 4. The maximum absolute atomic E-state index is 12.3. The highest BCUT2D eigenvalue weighted by Crippen LogP contribution is 2.22. The van der Waals surface area contributed by atoms with Crippen molar-refractivity contribution in [2.75, 3.05) is 37.0 Å². The summed E-state index contributed by atoms with van der Waals surface area (Å²) in [7, 11) is 3.96. The lowest BCUT2D eigenvalue weighted by atomic mass is 9.97. The Labute approximate surface area is 148 Å². The summed E-state index contributed by atoms with van der Waals surface area (Å²) < 4.78 is 1.76. The minimum absolute atomic E-state index is 0.0805. The molecule has 0 aromatic carbocycles. The van der Waals surface area contributed by atoms with Crippen molar-refractivity contribution in [3.8, 4) is 0 Å². The molecule has 0 N–H and O–H groups in total. The van der Waals surface area contributed by atoms with Gasteiger partial charge in [0, 0.05) is 51.2 Å². The summed E-state index contributed by atoms with van der Waals surface area (Å²) in [4.78, 5) is 29.9. The van der Waals surface area contributed by atoms with Gasteiger partial charge in [0.05, 0.1) is 6.33 Å². The van der Waals surface area contributed by atoms with Crippen LogP contribution in [0.1, 0.15) is 24.1 Å².